The first kappa shape index (κ1) is 22.9. The largest absolute Gasteiger partial charge is 0.193 e. The Morgan fingerprint density at radius 1 is 0.900 bits per heavy atom. The van der Waals surface area contributed by atoms with Gasteiger partial charge in [0.15, 0.2) is 0 Å². The Labute approximate surface area is 185 Å². The predicted molar refractivity (Wildman–Crippen MR) is 128 cm³/mol. The second-order valence-corrected chi connectivity index (χ2v) is 9.73. The van der Waals surface area contributed by atoms with Gasteiger partial charge in [0.2, 0.25) is 0 Å². The van der Waals surface area contributed by atoms with Gasteiger partial charge in [-0.15, -0.1) is 0 Å². The summed E-state index contributed by atoms with van der Waals surface area (Å²) < 4.78 is 0. The molecule has 3 rings (SSSR count). The lowest BCUT2D eigenvalue weighted by Crippen LogP contribution is -2.14. The number of hydrogen-bond donors (Lipinski definition) is 0. The number of hydrogen-bond acceptors (Lipinski definition) is 1. The van der Waals surface area contributed by atoms with E-state index in [4.69, 9.17) is 5.26 Å². The van der Waals surface area contributed by atoms with Gasteiger partial charge in [-0.3, -0.25) is 0 Å². The average Bonchev–Trinajstić information content (AvgIpc) is 2.81. The minimum absolute atomic E-state index is 0.778. The Morgan fingerprint density at radius 3 is 2.13 bits per heavy atom. The van der Waals surface area contributed by atoms with Gasteiger partial charge in [-0.25, -0.2) is 0 Å². The van der Waals surface area contributed by atoms with Crippen LogP contribution in [0.5, 0.6) is 0 Å². The molecule has 0 atom stereocenters. The highest BCUT2D eigenvalue weighted by Gasteiger charge is 2.22. The highest BCUT2D eigenvalue weighted by atomic mass is 14.3. The topological polar surface area (TPSA) is 23.8 Å². The van der Waals surface area contributed by atoms with Crippen molar-refractivity contribution in [3.05, 3.63) is 59.7 Å². The van der Waals surface area contributed by atoms with E-state index in [2.05, 4.69) is 49.4 Å². The number of benzene rings is 1. The number of allylic oxidation sites excluding steroid dienone is 4. The van der Waals surface area contributed by atoms with E-state index in [0.717, 1.165) is 30.1 Å². The number of rotatable bonds is 9. The summed E-state index contributed by atoms with van der Waals surface area (Å²) in [7, 11) is 0. The third kappa shape index (κ3) is 7.46. The lowest BCUT2D eigenvalue weighted by atomic mass is 9.76. The highest BCUT2D eigenvalue weighted by molar-refractivity contribution is 5.26. The molecule has 0 saturated heterocycles. The molecule has 30 heavy (non-hydrogen) atoms. The molecule has 0 radical (unpaired) electrons. The molecule has 2 aliphatic carbocycles. The van der Waals surface area contributed by atoms with Crippen molar-refractivity contribution < 1.29 is 0 Å². The zero-order valence-electron chi connectivity index (χ0n) is 19.1. The molecule has 0 bridgehead atoms. The van der Waals surface area contributed by atoms with Gasteiger partial charge in [0.25, 0.3) is 0 Å². The molecule has 162 valence electrons. The molecule has 0 heterocycles. The summed E-state index contributed by atoms with van der Waals surface area (Å²) in [4.78, 5) is 0. The minimum atomic E-state index is 0.778. The van der Waals surface area contributed by atoms with E-state index < -0.39 is 0 Å². The summed E-state index contributed by atoms with van der Waals surface area (Å²) >= 11 is 0. The Kier molecular flexibility index (Phi) is 9.75. The Bertz CT molecular complexity index is 689. The smallest absolute Gasteiger partial charge is 0.0908 e. The molecule has 0 unspecified atom stereocenters. The van der Waals surface area contributed by atoms with Crippen molar-refractivity contribution in [2.24, 2.45) is 17.8 Å². The lowest BCUT2D eigenvalue weighted by Gasteiger charge is -2.29. The Hall–Kier alpha value is -1.81. The normalized spacial score (nSPS) is 27.5. The third-order valence-corrected chi connectivity index (χ3v) is 7.52. The maximum Gasteiger partial charge on any atom is 0.0908 e. The molecule has 2 fully saturated rings. The Morgan fingerprint density at radius 2 is 1.53 bits per heavy atom. The van der Waals surface area contributed by atoms with E-state index in [1.165, 1.54) is 82.6 Å². The van der Waals surface area contributed by atoms with Crippen LogP contribution in [0.15, 0.2) is 48.6 Å². The quantitative estimate of drug-likeness (QED) is 0.299. The van der Waals surface area contributed by atoms with E-state index in [-0.39, 0.29) is 0 Å². The summed E-state index contributed by atoms with van der Waals surface area (Å²) in [6.07, 6.45) is 25.9. The monoisotopic (exact) mass is 403 g/mol. The molecule has 1 aromatic rings. The van der Waals surface area contributed by atoms with Crippen LogP contribution in [0.25, 0.3) is 0 Å². The van der Waals surface area contributed by atoms with Crippen LogP contribution in [0, 0.1) is 29.1 Å². The number of unbranched alkanes of at least 4 members (excludes halogenated alkanes) is 1. The van der Waals surface area contributed by atoms with Crippen LogP contribution in [0.2, 0.25) is 0 Å². The molecule has 1 heteroatoms. The molecule has 0 N–H and O–H groups in total. The minimum Gasteiger partial charge on any atom is -0.193 e. The number of nitrogens with zero attached hydrogens (tertiary/aromatic N) is 1. The van der Waals surface area contributed by atoms with E-state index >= 15 is 0 Å². The first-order valence-electron chi connectivity index (χ1n) is 12.6. The van der Waals surface area contributed by atoms with E-state index in [0.29, 0.717) is 0 Å². The predicted octanol–water partition coefficient (Wildman–Crippen LogP) is 8.53. The van der Waals surface area contributed by atoms with Crippen molar-refractivity contribution in [1.82, 2.24) is 0 Å². The molecule has 0 spiro atoms. The summed E-state index contributed by atoms with van der Waals surface area (Å²) in [6, 6.07) is 11.6. The fourth-order valence-corrected chi connectivity index (χ4v) is 5.43. The van der Waals surface area contributed by atoms with Crippen LogP contribution in [-0.2, 0) is 6.42 Å². The van der Waals surface area contributed by atoms with Gasteiger partial charge in [0.05, 0.1) is 6.07 Å². The highest BCUT2D eigenvalue weighted by Crippen LogP contribution is 2.38. The summed E-state index contributed by atoms with van der Waals surface area (Å²) in [5.74, 6) is 3.27. The van der Waals surface area contributed by atoms with Gasteiger partial charge in [0.1, 0.15) is 0 Å². The van der Waals surface area contributed by atoms with Crippen LogP contribution in [0.1, 0.15) is 101 Å². The van der Waals surface area contributed by atoms with Crippen LogP contribution < -0.4 is 0 Å². The zero-order valence-corrected chi connectivity index (χ0v) is 19.1. The first-order chi connectivity index (χ1) is 14.8. The van der Waals surface area contributed by atoms with Gasteiger partial charge in [-0.2, -0.15) is 5.26 Å². The molecule has 1 nitrogen and oxygen atoms in total. The molecule has 0 aromatic heterocycles. The van der Waals surface area contributed by atoms with Crippen molar-refractivity contribution in [2.75, 3.05) is 0 Å². The fourth-order valence-electron chi connectivity index (χ4n) is 5.43. The maximum atomic E-state index is 8.57. The number of nitriles is 1. The second kappa shape index (κ2) is 12.8. The molecule has 0 aliphatic heterocycles. The summed E-state index contributed by atoms with van der Waals surface area (Å²) in [5.41, 5.74) is 3.08. The lowest BCUT2D eigenvalue weighted by molar-refractivity contribution is 0.295. The van der Waals surface area contributed by atoms with Crippen molar-refractivity contribution in [1.29, 1.82) is 5.26 Å². The number of aryl methyl sites for hydroxylation is 1. The molecular weight excluding hydrogens is 362 g/mol. The van der Waals surface area contributed by atoms with Crippen molar-refractivity contribution >= 4 is 0 Å². The van der Waals surface area contributed by atoms with Crippen LogP contribution >= 0.6 is 0 Å². The van der Waals surface area contributed by atoms with Crippen LogP contribution in [-0.4, -0.2) is 0 Å². The average molecular weight is 404 g/mol. The van der Waals surface area contributed by atoms with E-state index in [1.807, 2.05) is 6.08 Å². The molecule has 1 aromatic carbocycles. The van der Waals surface area contributed by atoms with Gasteiger partial charge < -0.3 is 0 Å². The molecular formula is C29H41N. The van der Waals surface area contributed by atoms with Gasteiger partial charge >= 0.3 is 0 Å². The SMILES string of the molecule is CCCCc1ccc([C@H]2CC[C@H](/C=C/[C@H]3CC[C@H](CCC=CC#N)CC3)CC2)cc1. The maximum absolute atomic E-state index is 8.57. The van der Waals surface area contributed by atoms with Crippen molar-refractivity contribution in [3.8, 4) is 6.07 Å². The van der Waals surface area contributed by atoms with Crippen molar-refractivity contribution in [3.63, 3.8) is 0 Å². The molecule has 2 saturated carbocycles. The van der Waals surface area contributed by atoms with Gasteiger partial charge in [-0.1, -0.05) is 55.8 Å². The molecule has 2 aliphatic rings. The van der Waals surface area contributed by atoms with Crippen LogP contribution in [0.4, 0.5) is 0 Å². The third-order valence-electron chi connectivity index (χ3n) is 7.52. The van der Waals surface area contributed by atoms with E-state index in [1.54, 1.807) is 11.6 Å². The second-order valence-electron chi connectivity index (χ2n) is 9.73. The van der Waals surface area contributed by atoms with Crippen molar-refractivity contribution in [2.45, 2.75) is 96.3 Å². The fraction of sp³-hybridized carbons (Fsp3) is 0.621. The van der Waals surface area contributed by atoms with E-state index in [9.17, 15) is 0 Å². The standard InChI is InChI=1S/C29H41N/c1-2-3-7-24-15-19-28(20-16-24)29-21-17-27(18-22-29)14-13-26-11-9-25(10-12-26)8-5-4-6-23-30/h4,6,13-16,19-20,25-27,29H,2-3,5,7-12,17-18,21-22H2,1H3/b6-4?,14-13+/t25-,26-,27-,29-. The van der Waals surface area contributed by atoms with Gasteiger partial charge in [-0.05, 0) is 112 Å². The zero-order chi connectivity index (χ0) is 21.0. The Balaban J connectivity index is 1.35. The molecule has 0 amide bonds. The first-order valence-corrected chi connectivity index (χ1v) is 12.6. The van der Waals surface area contributed by atoms with Gasteiger partial charge in [0, 0.05) is 6.08 Å². The van der Waals surface area contributed by atoms with Crippen LogP contribution in [0.3, 0.4) is 0 Å². The summed E-state index contributed by atoms with van der Waals surface area (Å²) in [6.45, 7) is 2.27. The summed E-state index contributed by atoms with van der Waals surface area (Å²) in [5, 5.41) is 8.57.